The number of hydrogen-bond donors (Lipinski definition) is 0. The minimum atomic E-state index is -0.539. The first kappa shape index (κ1) is 17.7. The summed E-state index contributed by atoms with van der Waals surface area (Å²) in [5.74, 6) is -0.0354. The van der Waals surface area contributed by atoms with E-state index in [0.717, 1.165) is 25.9 Å². The van der Waals surface area contributed by atoms with Crippen molar-refractivity contribution in [2.75, 3.05) is 26.7 Å². The van der Waals surface area contributed by atoms with Crippen LogP contribution in [0.1, 0.15) is 46.5 Å². The van der Waals surface area contributed by atoms with E-state index >= 15 is 0 Å². The number of hydrazone groups is 1. The lowest BCUT2D eigenvalue weighted by atomic mass is 10.1. The van der Waals surface area contributed by atoms with Crippen LogP contribution >= 0.6 is 0 Å². The van der Waals surface area contributed by atoms with Crippen molar-refractivity contribution < 1.29 is 19.1 Å². The molecule has 0 aliphatic carbocycles. The third-order valence-electron chi connectivity index (χ3n) is 3.68. The van der Waals surface area contributed by atoms with E-state index in [1.807, 2.05) is 20.8 Å². The SMILES string of the molecule is CN(CC1=NN(CC2CCCCO2)C(=O)C1)C(=O)OC(C)(C)C. The van der Waals surface area contributed by atoms with Crippen LogP contribution in [0.5, 0.6) is 0 Å². The number of ether oxygens (including phenoxy) is 2. The Morgan fingerprint density at radius 1 is 1.43 bits per heavy atom. The highest BCUT2D eigenvalue weighted by Crippen LogP contribution is 2.17. The van der Waals surface area contributed by atoms with Crippen LogP contribution in [-0.2, 0) is 14.3 Å². The Morgan fingerprint density at radius 3 is 2.78 bits per heavy atom. The lowest BCUT2D eigenvalue weighted by Crippen LogP contribution is -2.37. The molecule has 0 aromatic rings. The monoisotopic (exact) mass is 325 g/mol. The summed E-state index contributed by atoms with van der Waals surface area (Å²) < 4.78 is 10.9. The van der Waals surface area contributed by atoms with Crippen molar-refractivity contribution in [3.63, 3.8) is 0 Å². The number of amides is 2. The third-order valence-corrected chi connectivity index (χ3v) is 3.68. The second kappa shape index (κ2) is 7.29. The maximum absolute atomic E-state index is 12.1. The van der Waals surface area contributed by atoms with Crippen molar-refractivity contribution in [3.05, 3.63) is 0 Å². The molecule has 2 aliphatic heterocycles. The Labute approximate surface area is 137 Å². The van der Waals surface area contributed by atoms with E-state index in [0.29, 0.717) is 18.8 Å². The largest absolute Gasteiger partial charge is 0.444 e. The molecule has 0 aromatic carbocycles. The summed E-state index contributed by atoms with van der Waals surface area (Å²) in [5.41, 5.74) is 0.141. The van der Waals surface area contributed by atoms with E-state index in [-0.39, 0.29) is 18.4 Å². The van der Waals surface area contributed by atoms with Gasteiger partial charge in [0, 0.05) is 13.7 Å². The van der Waals surface area contributed by atoms with E-state index in [1.165, 1.54) is 9.91 Å². The van der Waals surface area contributed by atoms with Crippen LogP contribution in [0, 0.1) is 0 Å². The predicted octanol–water partition coefficient (Wildman–Crippen LogP) is 2.01. The first-order chi connectivity index (χ1) is 10.7. The second-order valence-corrected chi connectivity index (χ2v) is 7.14. The van der Waals surface area contributed by atoms with E-state index in [9.17, 15) is 9.59 Å². The summed E-state index contributed by atoms with van der Waals surface area (Å²) in [4.78, 5) is 25.5. The van der Waals surface area contributed by atoms with Crippen LogP contribution in [0.3, 0.4) is 0 Å². The molecule has 0 radical (unpaired) electrons. The Kier molecular flexibility index (Phi) is 5.62. The normalized spacial score (nSPS) is 22.1. The Hall–Kier alpha value is -1.63. The minimum Gasteiger partial charge on any atom is -0.444 e. The van der Waals surface area contributed by atoms with Gasteiger partial charge >= 0.3 is 6.09 Å². The van der Waals surface area contributed by atoms with Gasteiger partial charge in [0.1, 0.15) is 5.60 Å². The van der Waals surface area contributed by atoms with Gasteiger partial charge in [0.05, 0.1) is 31.3 Å². The van der Waals surface area contributed by atoms with Crippen molar-refractivity contribution in [2.24, 2.45) is 5.10 Å². The van der Waals surface area contributed by atoms with Crippen LogP contribution in [0.4, 0.5) is 4.79 Å². The molecule has 0 bridgehead atoms. The van der Waals surface area contributed by atoms with Crippen LogP contribution < -0.4 is 0 Å². The summed E-state index contributed by atoms with van der Waals surface area (Å²) in [7, 11) is 1.65. The molecule has 7 heteroatoms. The third kappa shape index (κ3) is 5.49. The van der Waals surface area contributed by atoms with E-state index < -0.39 is 11.7 Å². The zero-order valence-corrected chi connectivity index (χ0v) is 14.5. The standard InChI is InChI=1S/C16H27N3O4/c1-16(2,3)23-15(21)18(4)10-12-9-14(20)19(17-12)11-13-7-5-6-8-22-13/h13H,5-11H2,1-4H3. The highest BCUT2D eigenvalue weighted by atomic mass is 16.6. The molecule has 1 saturated heterocycles. The Bertz CT molecular complexity index is 478. The van der Waals surface area contributed by atoms with Gasteiger partial charge in [-0.25, -0.2) is 9.80 Å². The second-order valence-electron chi connectivity index (χ2n) is 7.14. The molecule has 1 unspecified atom stereocenters. The van der Waals surface area contributed by atoms with E-state index in [4.69, 9.17) is 9.47 Å². The number of nitrogens with zero attached hydrogens (tertiary/aromatic N) is 3. The first-order valence-electron chi connectivity index (χ1n) is 8.17. The molecule has 7 nitrogen and oxygen atoms in total. The molecule has 0 saturated carbocycles. The number of carbonyl (C=O) groups is 2. The molecular formula is C16H27N3O4. The van der Waals surface area contributed by atoms with Gasteiger partial charge in [0.2, 0.25) is 5.91 Å². The topological polar surface area (TPSA) is 71.4 Å². The highest BCUT2D eigenvalue weighted by Gasteiger charge is 2.29. The molecule has 0 N–H and O–H groups in total. The van der Waals surface area contributed by atoms with Gasteiger partial charge in [-0.15, -0.1) is 0 Å². The van der Waals surface area contributed by atoms with Crippen LogP contribution in [0.25, 0.3) is 0 Å². The number of carbonyl (C=O) groups excluding carboxylic acids is 2. The molecule has 2 aliphatic rings. The fraction of sp³-hybridized carbons (Fsp3) is 0.812. The van der Waals surface area contributed by atoms with Crippen molar-refractivity contribution in [2.45, 2.75) is 58.2 Å². The predicted molar refractivity (Wildman–Crippen MR) is 86.2 cm³/mol. The number of hydrogen-bond acceptors (Lipinski definition) is 5. The molecule has 2 heterocycles. The summed E-state index contributed by atoms with van der Waals surface area (Å²) in [5, 5.41) is 5.83. The number of rotatable bonds is 4. The van der Waals surface area contributed by atoms with Gasteiger partial charge in [-0.2, -0.15) is 5.10 Å². The lowest BCUT2D eigenvalue weighted by molar-refractivity contribution is -0.131. The minimum absolute atomic E-state index is 0.0354. The fourth-order valence-corrected chi connectivity index (χ4v) is 2.58. The molecule has 2 rings (SSSR count). The molecular weight excluding hydrogens is 298 g/mol. The van der Waals surface area contributed by atoms with Gasteiger partial charge < -0.3 is 14.4 Å². The van der Waals surface area contributed by atoms with Gasteiger partial charge in [-0.1, -0.05) is 0 Å². The molecule has 0 aromatic heterocycles. The van der Waals surface area contributed by atoms with Gasteiger partial charge in [0.15, 0.2) is 0 Å². The molecule has 23 heavy (non-hydrogen) atoms. The molecule has 1 fully saturated rings. The summed E-state index contributed by atoms with van der Waals surface area (Å²) in [6.45, 7) is 7.01. The zero-order chi connectivity index (χ0) is 17.0. The van der Waals surface area contributed by atoms with Crippen molar-refractivity contribution >= 4 is 17.7 Å². The molecule has 130 valence electrons. The zero-order valence-electron chi connectivity index (χ0n) is 14.5. The lowest BCUT2D eigenvalue weighted by Gasteiger charge is -2.25. The van der Waals surface area contributed by atoms with Crippen LogP contribution in [0.15, 0.2) is 5.10 Å². The first-order valence-corrected chi connectivity index (χ1v) is 8.17. The summed E-state index contributed by atoms with van der Waals surface area (Å²) in [6.07, 6.45) is 3.08. The van der Waals surface area contributed by atoms with E-state index in [2.05, 4.69) is 5.10 Å². The average Bonchev–Trinajstić information content (AvgIpc) is 2.78. The maximum Gasteiger partial charge on any atom is 0.410 e. The summed E-state index contributed by atoms with van der Waals surface area (Å²) in [6, 6.07) is 0. The average molecular weight is 325 g/mol. The fourth-order valence-electron chi connectivity index (χ4n) is 2.58. The van der Waals surface area contributed by atoms with Crippen LogP contribution in [-0.4, -0.2) is 66.1 Å². The van der Waals surface area contributed by atoms with Gasteiger partial charge in [-0.3, -0.25) is 4.79 Å². The van der Waals surface area contributed by atoms with Crippen molar-refractivity contribution in [1.82, 2.24) is 9.91 Å². The van der Waals surface area contributed by atoms with Gasteiger partial charge in [-0.05, 0) is 40.0 Å². The quantitative estimate of drug-likeness (QED) is 0.793. The summed E-state index contributed by atoms with van der Waals surface area (Å²) >= 11 is 0. The van der Waals surface area contributed by atoms with Crippen LogP contribution in [0.2, 0.25) is 0 Å². The van der Waals surface area contributed by atoms with E-state index in [1.54, 1.807) is 7.05 Å². The Morgan fingerprint density at radius 2 is 2.17 bits per heavy atom. The smallest absolute Gasteiger partial charge is 0.410 e. The van der Waals surface area contributed by atoms with Gasteiger partial charge in [0.25, 0.3) is 0 Å². The Balaban J connectivity index is 1.86. The maximum atomic E-state index is 12.1. The molecule has 1 atom stereocenters. The molecule has 0 spiro atoms. The highest BCUT2D eigenvalue weighted by molar-refractivity contribution is 6.06. The van der Waals surface area contributed by atoms with Crippen molar-refractivity contribution in [3.8, 4) is 0 Å². The molecule has 2 amide bonds. The van der Waals surface area contributed by atoms with Crippen molar-refractivity contribution in [1.29, 1.82) is 0 Å².